The average Bonchev–Trinajstić information content (AvgIpc) is 2.28. The van der Waals surface area contributed by atoms with Gasteiger partial charge in [-0.05, 0) is 25.2 Å². The molecule has 19 heavy (non-hydrogen) atoms. The first kappa shape index (κ1) is 21.0. The Morgan fingerprint density at radius 1 is 0.789 bits per heavy atom. The van der Waals surface area contributed by atoms with Crippen LogP contribution in [0.2, 0.25) is 0 Å². The molecular formula is C18H38O. The zero-order chi connectivity index (χ0) is 15.1. The van der Waals surface area contributed by atoms with E-state index in [-0.39, 0.29) is 0 Å². The van der Waals surface area contributed by atoms with E-state index in [1.807, 2.05) is 0 Å². The van der Waals surface area contributed by atoms with Crippen molar-refractivity contribution in [1.29, 1.82) is 0 Å². The van der Waals surface area contributed by atoms with Crippen LogP contribution in [-0.4, -0.2) is 5.78 Å². The number of Topliss-reactive ketones (excluding diaryl/α,β-unsaturated/α-hetero) is 1. The molecule has 0 aromatic heterocycles. The summed E-state index contributed by atoms with van der Waals surface area (Å²) in [5, 5.41) is 0. The van der Waals surface area contributed by atoms with E-state index in [4.69, 9.17) is 0 Å². The molecule has 0 amide bonds. The Hall–Kier alpha value is -0.330. The van der Waals surface area contributed by atoms with Gasteiger partial charge in [-0.25, -0.2) is 0 Å². The fourth-order valence-electron chi connectivity index (χ4n) is 1.91. The predicted octanol–water partition coefficient (Wildman–Crippen LogP) is 6.40. The Kier molecular flexibility index (Phi) is 17.4. The highest BCUT2D eigenvalue weighted by Gasteiger charge is 1.96. The maximum atomic E-state index is 10.5. The fraction of sp³-hybridized carbons (Fsp3) is 0.944. The third kappa shape index (κ3) is 27.0. The van der Waals surface area contributed by atoms with Crippen LogP contribution in [0.25, 0.3) is 0 Å². The summed E-state index contributed by atoms with van der Waals surface area (Å²) in [6, 6.07) is 0. The van der Waals surface area contributed by atoms with Gasteiger partial charge in [0.15, 0.2) is 0 Å². The minimum Gasteiger partial charge on any atom is -0.300 e. The van der Waals surface area contributed by atoms with E-state index in [1.54, 1.807) is 6.92 Å². The van der Waals surface area contributed by atoms with Crippen molar-refractivity contribution in [2.75, 3.05) is 0 Å². The molecule has 0 saturated heterocycles. The molecule has 0 spiro atoms. The van der Waals surface area contributed by atoms with Gasteiger partial charge in [0.05, 0.1) is 0 Å². The normalized spacial score (nSPS) is 10.5. The van der Waals surface area contributed by atoms with Gasteiger partial charge >= 0.3 is 0 Å². The van der Waals surface area contributed by atoms with E-state index in [0.29, 0.717) is 5.78 Å². The predicted molar refractivity (Wildman–Crippen MR) is 87.6 cm³/mol. The van der Waals surface area contributed by atoms with E-state index in [0.717, 1.165) is 24.7 Å². The summed E-state index contributed by atoms with van der Waals surface area (Å²) in [7, 11) is 0. The van der Waals surface area contributed by atoms with Crippen LogP contribution in [0, 0.1) is 11.8 Å². The van der Waals surface area contributed by atoms with Gasteiger partial charge < -0.3 is 4.79 Å². The van der Waals surface area contributed by atoms with Crippen LogP contribution in [0.15, 0.2) is 0 Å². The summed E-state index contributed by atoms with van der Waals surface area (Å²) in [6.07, 6.45) is 11.2. The summed E-state index contributed by atoms with van der Waals surface area (Å²) >= 11 is 0. The molecule has 0 bridgehead atoms. The molecule has 0 aromatic carbocycles. The smallest absolute Gasteiger partial charge is 0.129 e. The zero-order valence-electron chi connectivity index (χ0n) is 14.4. The number of hydrogen-bond donors (Lipinski definition) is 0. The number of unbranched alkanes of at least 4 members (excludes halogenated alkanes) is 4. The Balaban J connectivity index is 0. The van der Waals surface area contributed by atoms with Gasteiger partial charge in [-0.3, -0.25) is 0 Å². The lowest BCUT2D eigenvalue weighted by atomic mass is 10.0. The Morgan fingerprint density at radius 3 is 1.63 bits per heavy atom. The summed E-state index contributed by atoms with van der Waals surface area (Å²) in [4.78, 5) is 10.5. The molecule has 1 nitrogen and oxygen atoms in total. The maximum absolute atomic E-state index is 10.5. The molecule has 0 saturated carbocycles. The lowest BCUT2D eigenvalue weighted by molar-refractivity contribution is -0.117. The van der Waals surface area contributed by atoms with Crippen LogP contribution in [0.4, 0.5) is 0 Å². The quantitative estimate of drug-likeness (QED) is 0.419. The van der Waals surface area contributed by atoms with E-state index in [1.165, 1.54) is 44.9 Å². The largest absolute Gasteiger partial charge is 0.300 e. The molecule has 0 unspecified atom stereocenters. The van der Waals surface area contributed by atoms with Crippen molar-refractivity contribution in [2.45, 2.75) is 99.3 Å². The molecule has 0 rings (SSSR count). The van der Waals surface area contributed by atoms with Crippen molar-refractivity contribution in [2.24, 2.45) is 11.8 Å². The summed E-state index contributed by atoms with van der Waals surface area (Å²) in [5.74, 6) is 2.11. The van der Waals surface area contributed by atoms with Crippen LogP contribution in [0.1, 0.15) is 99.3 Å². The van der Waals surface area contributed by atoms with Crippen LogP contribution in [0.3, 0.4) is 0 Å². The van der Waals surface area contributed by atoms with Crippen molar-refractivity contribution in [3.63, 3.8) is 0 Å². The topological polar surface area (TPSA) is 17.1 Å². The summed E-state index contributed by atoms with van der Waals surface area (Å²) in [6.45, 7) is 13.0. The second-order valence-corrected chi connectivity index (χ2v) is 6.58. The van der Waals surface area contributed by atoms with Crippen molar-refractivity contribution in [1.82, 2.24) is 0 Å². The van der Waals surface area contributed by atoms with Crippen molar-refractivity contribution < 1.29 is 4.79 Å². The second-order valence-electron chi connectivity index (χ2n) is 6.58. The van der Waals surface area contributed by atoms with Gasteiger partial charge in [-0.2, -0.15) is 0 Å². The highest BCUT2D eigenvalue weighted by atomic mass is 16.1. The molecule has 0 heterocycles. The SMILES string of the molecule is CC(C)CCCC(C)C.CCCCCCCC(C)=O. The average molecular weight is 271 g/mol. The molecule has 0 fully saturated rings. The van der Waals surface area contributed by atoms with Gasteiger partial charge in [0.1, 0.15) is 5.78 Å². The molecular weight excluding hydrogens is 232 g/mol. The Labute approximate surface area is 122 Å². The number of carbonyl (C=O) groups is 1. The molecule has 0 aliphatic heterocycles. The highest BCUT2D eigenvalue weighted by Crippen LogP contribution is 2.10. The molecule has 0 N–H and O–H groups in total. The number of rotatable bonds is 10. The van der Waals surface area contributed by atoms with Crippen molar-refractivity contribution in [3.05, 3.63) is 0 Å². The van der Waals surface area contributed by atoms with Gasteiger partial charge in [0, 0.05) is 6.42 Å². The van der Waals surface area contributed by atoms with E-state index in [9.17, 15) is 4.79 Å². The summed E-state index contributed by atoms with van der Waals surface area (Å²) in [5.41, 5.74) is 0. The van der Waals surface area contributed by atoms with Crippen LogP contribution < -0.4 is 0 Å². The lowest BCUT2D eigenvalue weighted by Crippen LogP contribution is -1.90. The van der Waals surface area contributed by atoms with Gasteiger partial charge in [-0.1, -0.05) is 79.6 Å². The van der Waals surface area contributed by atoms with Crippen LogP contribution >= 0.6 is 0 Å². The van der Waals surface area contributed by atoms with E-state index < -0.39 is 0 Å². The minimum atomic E-state index is 0.330. The van der Waals surface area contributed by atoms with Gasteiger partial charge in [0.2, 0.25) is 0 Å². The van der Waals surface area contributed by atoms with Gasteiger partial charge in [-0.15, -0.1) is 0 Å². The molecule has 0 aliphatic rings. The number of ketones is 1. The van der Waals surface area contributed by atoms with Crippen LogP contribution in [-0.2, 0) is 4.79 Å². The molecule has 0 aromatic rings. The lowest BCUT2D eigenvalue weighted by Gasteiger charge is -2.05. The van der Waals surface area contributed by atoms with E-state index >= 15 is 0 Å². The van der Waals surface area contributed by atoms with E-state index in [2.05, 4.69) is 34.6 Å². The first-order valence-electron chi connectivity index (χ1n) is 8.39. The highest BCUT2D eigenvalue weighted by molar-refractivity contribution is 5.75. The van der Waals surface area contributed by atoms with Crippen molar-refractivity contribution >= 4 is 5.78 Å². The van der Waals surface area contributed by atoms with Gasteiger partial charge in [0.25, 0.3) is 0 Å². The number of hydrogen-bond acceptors (Lipinski definition) is 1. The second kappa shape index (κ2) is 15.7. The van der Waals surface area contributed by atoms with Crippen LogP contribution in [0.5, 0.6) is 0 Å². The fourth-order valence-corrected chi connectivity index (χ4v) is 1.91. The standard InChI is InChI=1S/C9H18O.C9H20/c1-3-4-5-6-7-8-9(2)10;1-8(2)6-5-7-9(3)4/h3-8H2,1-2H3;8-9H,5-7H2,1-4H3. The first-order valence-corrected chi connectivity index (χ1v) is 8.39. The first-order chi connectivity index (χ1) is 8.90. The molecule has 116 valence electrons. The third-order valence-electron chi connectivity index (χ3n) is 3.20. The summed E-state index contributed by atoms with van der Waals surface area (Å²) < 4.78 is 0. The molecule has 0 radical (unpaired) electrons. The Morgan fingerprint density at radius 2 is 1.26 bits per heavy atom. The maximum Gasteiger partial charge on any atom is 0.129 e. The monoisotopic (exact) mass is 270 g/mol. The third-order valence-corrected chi connectivity index (χ3v) is 3.20. The molecule has 0 aliphatic carbocycles. The number of carbonyl (C=O) groups excluding carboxylic acids is 1. The van der Waals surface area contributed by atoms with Crippen molar-refractivity contribution in [3.8, 4) is 0 Å². The Bertz CT molecular complexity index is 174. The molecule has 0 atom stereocenters. The minimum absolute atomic E-state index is 0.330. The zero-order valence-corrected chi connectivity index (χ0v) is 14.4. The molecule has 1 heteroatoms.